The highest BCUT2D eigenvalue weighted by Gasteiger charge is 2.25. The molecular weight excluding hydrogens is 418 g/mol. The molecule has 4 aromatic heterocycles. The molecule has 0 radical (unpaired) electrons. The lowest BCUT2D eigenvalue weighted by Gasteiger charge is -2.33. The summed E-state index contributed by atoms with van der Waals surface area (Å²) in [6, 6.07) is 8.04. The van der Waals surface area contributed by atoms with Crippen LogP contribution in [0.3, 0.4) is 0 Å². The molecule has 3 N–H and O–H groups in total. The van der Waals surface area contributed by atoms with Crippen LogP contribution in [-0.2, 0) is 0 Å². The normalized spacial score (nSPS) is 14.6. The number of fused-ring (bicyclic) bond motifs is 2. The molecule has 1 aliphatic rings. The third-order valence-electron chi connectivity index (χ3n) is 5.98. The first-order chi connectivity index (χ1) is 16.0. The minimum atomic E-state index is 0.0561. The standard InChI is InChI=1S/C23H27N9O/c1-24-20-19-15(16-6-7-17-18(28-16)5-4-10-25-17)13-26-21(19)30-22(29-20)27-14-8-11-32(12-9-14)23(33)31(2)3/h4-7,10,13-14H,8-9,11-12H2,1-3H3,(H3,24,26,27,29,30). The predicted molar refractivity (Wildman–Crippen MR) is 129 cm³/mol. The summed E-state index contributed by atoms with van der Waals surface area (Å²) in [5, 5.41) is 7.55. The van der Waals surface area contributed by atoms with Crippen molar-refractivity contribution in [3.05, 3.63) is 36.7 Å². The first-order valence-electron chi connectivity index (χ1n) is 11.1. The van der Waals surface area contributed by atoms with E-state index >= 15 is 0 Å². The molecule has 5 rings (SSSR count). The van der Waals surface area contributed by atoms with E-state index in [-0.39, 0.29) is 12.1 Å². The minimum absolute atomic E-state index is 0.0561. The van der Waals surface area contributed by atoms with Gasteiger partial charge in [-0.05, 0) is 37.1 Å². The van der Waals surface area contributed by atoms with Gasteiger partial charge in [0.1, 0.15) is 11.5 Å². The topological polar surface area (TPSA) is 115 Å². The van der Waals surface area contributed by atoms with Crippen molar-refractivity contribution in [1.29, 1.82) is 0 Å². The Morgan fingerprint density at radius 3 is 2.70 bits per heavy atom. The van der Waals surface area contributed by atoms with E-state index in [9.17, 15) is 4.79 Å². The second-order valence-electron chi connectivity index (χ2n) is 8.39. The summed E-state index contributed by atoms with van der Waals surface area (Å²) in [4.78, 5) is 37.5. The number of pyridine rings is 2. The van der Waals surface area contributed by atoms with Gasteiger partial charge in [-0.25, -0.2) is 9.78 Å². The van der Waals surface area contributed by atoms with E-state index in [1.165, 1.54) is 0 Å². The number of nitrogens with one attached hydrogen (secondary N) is 3. The summed E-state index contributed by atoms with van der Waals surface area (Å²) >= 11 is 0. The number of likely N-dealkylation sites (tertiary alicyclic amines) is 1. The van der Waals surface area contributed by atoms with Crippen molar-refractivity contribution in [2.24, 2.45) is 0 Å². The highest BCUT2D eigenvalue weighted by Crippen LogP contribution is 2.33. The molecule has 0 spiro atoms. The largest absolute Gasteiger partial charge is 0.372 e. The first-order valence-corrected chi connectivity index (χ1v) is 11.1. The molecule has 0 atom stereocenters. The van der Waals surface area contributed by atoms with Crippen molar-refractivity contribution in [3.8, 4) is 11.3 Å². The lowest BCUT2D eigenvalue weighted by molar-refractivity contribution is 0.158. The third kappa shape index (κ3) is 3.99. The zero-order chi connectivity index (χ0) is 22.9. The monoisotopic (exact) mass is 445 g/mol. The number of anilines is 2. The molecule has 10 nitrogen and oxygen atoms in total. The maximum Gasteiger partial charge on any atom is 0.319 e. The number of nitrogens with zero attached hydrogens (tertiary/aromatic N) is 6. The van der Waals surface area contributed by atoms with Gasteiger partial charge < -0.3 is 25.4 Å². The average Bonchev–Trinajstić information content (AvgIpc) is 3.27. The van der Waals surface area contributed by atoms with Crippen LogP contribution in [0.2, 0.25) is 0 Å². The number of aromatic amines is 1. The maximum atomic E-state index is 12.2. The molecule has 0 aromatic carbocycles. The number of piperidine rings is 1. The van der Waals surface area contributed by atoms with E-state index < -0.39 is 0 Å². The van der Waals surface area contributed by atoms with Crippen LogP contribution in [0.25, 0.3) is 33.3 Å². The van der Waals surface area contributed by atoms with E-state index in [1.807, 2.05) is 42.4 Å². The highest BCUT2D eigenvalue weighted by atomic mass is 16.2. The van der Waals surface area contributed by atoms with Crippen LogP contribution in [0, 0.1) is 0 Å². The Bertz CT molecular complexity index is 1310. The zero-order valence-corrected chi connectivity index (χ0v) is 19.0. The van der Waals surface area contributed by atoms with Crippen LogP contribution in [-0.4, -0.2) is 81.0 Å². The van der Waals surface area contributed by atoms with Gasteiger partial charge in [0.15, 0.2) is 0 Å². The summed E-state index contributed by atoms with van der Waals surface area (Å²) < 4.78 is 0. The Kier molecular flexibility index (Phi) is 5.41. The average molecular weight is 446 g/mol. The SMILES string of the molecule is CNc1nc(NC2CCN(C(=O)N(C)C)CC2)nc2[nH]cc(-c3ccc4ncccc4n3)c12. The van der Waals surface area contributed by atoms with E-state index in [1.54, 1.807) is 25.2 Å². The number of rotatable bonds is 4. The van der Waals surface area contributed by atoms with Gasteiger partial charge in [0.2, 0.25) is 5.95 Å². The predicted octanol–water partition coefficient (Wildman–Crippen LogP) is 3.17. The van der Waals surface area contributed by atoms with Crippen molar-refractivity contribution >= 4 is 39.9 Å². The molecule has 1 saturated heterocycles. The Balaban J connectivity index is 1.40. The molecule has 0 bridgehead atoms. The first kappa shape index (κ1) is 20.9. The van der Waals surface area contributed by atoms with Gasteiger partial charge in [-0.3, -0.25) is 4.98 Å². The van der Waals surface area contributed by atoms with Crippen molar-refractivity contribution in [1.82, 2.24) is 34.7 Å². The molecule has 5 heterocycles. The number of carbonyl (C=O) groups is 1. The van der Waals surface area contributed by atoms with Crippen molar-refractivity contribution < 1.29 is 4.79 Å². The summed E-state index contributed by atoms with van der Waals surface area (Å²) in [5.41, 5.74) is 4.20. The summed E-state index contributed by atoms with van der Waals surface area (Å²) in [7, 11) is 5.42. The lowest BCUT2D eigenvalue weighted by Crippen LogP contribution is -2.46. The van der Waals surface area contributed by atoms with Crippen molar-refractivity contribution in [2.45, 2.75) is 18.9 Å². The fourth-order valence-corrected chi connectivity index (χ4v) is 4.27. The Morgan fingerprint density at radius 1 is 1.12 bits per heavy atom. The third-order valence-corrected chi connectivity index (χ3v) is 5.98. The van der Waals surface area contributed by atoms with Gasteiger partial charge in [0.05, 0.1) is 22.1 Å². The maximum absolute atomic E-state index is 12.2. The van der Waals surface area contributed by atoms with E-state index in [4.69, 9.17) is 15.0 Å². The van der Waals surface area contributed by atoms with Gasteiger partial charge >= 0.3 is 6.03 Å². The molecule has 33 heavy (non-hydrogen) atoms. The van der Waals surface area contributed by atoms with Crippen LogP contribution in [0.1, 0.15) is 12.8 Å². The number of amides is 2. The number of urea groups is 1. The second-order valence-corrected chi connectivity index (χ2v) is 8.39. The number of hydrogen-bond donors (Lipinski definition) is 3. The van der Waals surface area contributed by atoms with E-state index in [0.717, 1.165) is 52.0 Å². The van der Waals surface area contributed by atoms with Crippen molar-refractivity contribution in [2.75, 3.05) is 44.9 Å². The molecule has 0 saturated carbocycles. The molecule has 4 aromatic rings. The van der Waals surface area contributed by atoms with Crippen LogP contribution in [0.15, 0.2) is 36.7 Å². The van der Waals surface area contributed by atoms with E-state index in [2.05, 4.69) is 20.6 Å². The molecule has 2 amide bonds. The number of aromatic nitrogens is 5. The fourth-order valence-electron chi connectivity index (χ4n) is 4.27. The number of H-pyrrole nitrogens is 1. The number of carbonyl (C=O) groups excluding carboxylic acids is 1. The van der Waals surface area contributed by atoms with Crippen LogP contribution >= 0.6 is 0 Å². The Labute approximate surface area is 191 Å². The molecule has 0 unspecified atom stereocenters. The van der Waals surface area contributed by atoms with Crippen LogP contribution in [0.5, 0.6) is 0 Å². The second kappa shape index (κ2) is 8.53. The quantitative estimate of drug-likeness (QED) is 0.442. The highest BCUT2D eigenvalue weighted by molar-refractivity contribution is 6.01. The smallest absolute Gasteiger partial charge is 0.319 e. The summed E-state index contributed by atoms with van der Waals surface area (Å²) in [5.74, 6) is 1.29. The molecular formula is C23H27N9O. The van der Waals surface area contributed by atoms with Crippen molar-refractivity contribution in [3.63, 3.8) is 0 Å². The molecule has 0 aliphatic carbocycles. The van der Waals surface area contributed by atoms with Gasteiger partial charge in [-0.2, -0.15) is 9.97 Å². The molecule has 170 valence electrons. The lowest BCUT2D eigenvalue weighted by atomic mass is 10.1. The van der Waals surface area contributed by atoms with Gasteiger partial charge in [0.25, 0.3) is 0 Å². The fraction of sp³-hybridized carbons (Fsp3) is 0.348. The molecule has 10 heteroatoms. The summed E-state index contributed by atoms with van der Waals surface area (Å²) in [6.45, 7) is 1.43. The number of hydrogen-bond acceptors (Lipinski definition) is 7. The van der Waals surface area contributed by atoms with Crippen LogP contribution in [0.4, 0.5) is 16.6 Å². The molecule has 1 aliphatic heterocycles. The van der Waals surface area contributed by atoms with Gasteiger partial charge in [0, 0.05) is 58.2 Å². The minimum Gasteiger partial charge on any atom is -0.372 e. The van der Waals surface area contributed by atoms with Gasteiger partial charge in [-0.1, -0.05) is 0 Å². The Hall–Kier alpha value is -3.95. The zero-order valence-electron chi connectivity index (χ0n) is 19.0. The van der Waals surface area contributed by atoms with Crippen LogP contribution < -0.4 is 10.6 Å². The summed E-state index contributed by atoms with van der Waals surface area (Å²) in [6.07, 6.45) is 5.38. The molecule has 1 fully saturated rings. The van der Waals surface area contributed by atoms with E-state index in [0.29, 0.717) is 19.0 Å². The Morgan fingerprint density at radius 2 is 1.94 bits per heavy atom. The van der Waals surface area contributed by atoms with Gasteiger partial charge in [-0.15, -0.1) is 0 Å².